The lowest BCUT2D eigenvalue weighted by molar-refractivity contribution is -0.468. The fourth-order valence-electron chi connectivity index (χ4n) is 14.0. The zero-order chi connectivity index (χ0) is 92.6. The summed E-state index contributed by atoms with van der Waals surface area (Å²) < 4.78 is 23.2. The van der Waals surface area contributed by atoms with Gasteiger partial charge in [0.15, 0.2) is 23.0 Å². The van der Waals surface area contributed by atoms with Crippen molar-refractivity contribution in [3.8, 4) is 5.88 Å². The average molecular weight is 1770 g/mol. The van der Waals surface area contributed by atoms with Crippen LogP contribution in [-0.4, -0.2) is 150 Å². The molecule has 0 saturated carbocycles. The Balaban J connectivity index is 0.000000147. The number of hydrogen-bond acceptors (Lipinski definition) is 18. The number of aromatic amines is 4. The molecule has 688 valence electrons. The van der Waals surface area contributed by atoms with Crippen molar-refractivity contribution in [3.63, 3.8) is 0 Å². The summed E-state index contributed by atoms with van der Waals surface area (Å²) in [5.41, 5.74) is 20.9. The second-order valence-corrected chi connectivity index (χ2v) is 37.4. The van der Waals surface area contributed by atoms with Crippen LogP contribution in [0.2, 0.25) is 0 Å². The Bertz CT molecular complexity index is 5420. The second kappa shape index (κ2) is 49.7. The van der Waals surface area contributed by atoms with E-state index in [1.807, 2.05) is 131 Å². The van der Waals surface area contributed by atoms with E-state index in [0.29, 0.717) is 59.2 Å². The van der Waals surface area contributed by atoms with Crippen LogP contribution in [0.15, 0.2) is 175 Å². The van der Waals surface area contributed by atoms with E-state index in [1.165, 1.54) is 103 Å². The molecule has 27 nitrogen and oxygen atoms in total. The van der Waals surface area contributed by atoms with Crippen LogP contribution in [0, 0.1) is 11.8 Å². The number of nitrogens with one attached hydrogen (secondary N) is 4. The number of imidazole rings is 6. The van der Waals surface area contributed by atoms with Gasteiger partial charge in [0.25, 0.3) is 6.17 Å². The van der Waals surface area contributed by atoms with Gasteiger partial charge in [-0.3, -0.25) is 24.0 Å². The van der Waals surface area contributed by atoms with E-state index >= 15 is 0 Å². The van der Waals surface area contributed by atoms with Crippen molar-refractivity contribution in [1.82, 2.24) is 108 Å². The van der Waals surface area contributed by atoms with Crippen LogP contribution in [0.3, 0.4) is 0 Å². The Labute approximate surface area is 767 Å². The van der Waals surface area contributed by atoms with Crippen LogP contribution in [0.5, 0.6) is 5.88 Å². The number of aromatic nitrogens is 22. The Kier molecular flexibility index (Phi) is 38.3. The number of pyridine rings is 2. The molecule has 5 aliphatic heterocycles. The van der Waals surface area contributed by atoms with Gasteiger partial charge in [0.1, 0.15) is 23.0 Å². The Morgan fingerprint density at radius 3 is 1.78 bits per heavy atom. The fourth-order valence-corrected chi connectivity index (χ4v) is 14.7. The molecular weight excluding hydrogens is 1630 g/mol. The number of aryl methyl sites for hydroxylation is 4. The molecule has 19 heterocycles. The lowest BCUT2D eigenvalue weighted by atomic mass is 9.93. The molecule has 1 aliphatic carbocycles. The maximum atomic E-state index is 5.45. The molecule has 6 aliphatic rings. The van der Waals surface area contributed by atoms with E-state index in [1.54, 1.807) is 42.5 Å². The number of benzene rings is 1. The normalized spacial score (nSPS) is 14.3. The molecule has 0 radical (unpaired) electrons. The van der Waals surface area contributed by atoms with Crippen molar-refractivity contribution in [3.05, 3.63) is 245 Å². The first-order valence-corrected chi connectivity index (χ1v) is 47.3. The monoisotopic (exact) mass is 1770 g/mol. The summed E-state index contributed by atoms with van der Waals surface area (Å²) in [4.78, 5) is 50.3. The summed E-state index contributed by atoms with van der Waals surface area (Å²) >= 11 is 1.68. The highest BCUT2D eigenvalue weighted by atomic mass is 32.1. The SMILES string of the molecule is CC(C)C.CC(C)C1=NC2C=NC=C[N+]2=C1.CC(C)c1cc2n(n1)CCCO2.CC(C)c1cccnn1.CC(C)c1cn2c(n1)CCCC2.CC(C)c1cn2ccccc2n1.CC(C)c1cn2cccnc2n1.CC(C)c1cn2ccsc2n1.CC(C)c1n[nH]c2c1CCCC2.CC(C)c1n[nH]c2c1COCC2.CC(C)c1nc2ccccc2[nH]1.c1cnc2nc[nH]c2c1. The zero-order valence-electron chi connectivity index (χ0n) is 80.7. The molecule has 129 heavy (non-hydrogen) atoms. The smallest absolute Gasteiger partial charge is 0.287 e. The van der Waals surface area contributed by atoms with Gasteiger partial charge in [-0.25, -0.2) is 49.5 Å². The molecule has 28 heteroatoms. The van der Waals surface area contributed by atoms with Crippen molar-refractivity contribution in [2.24, 2.45) is 21.8 Å². The highest BCUT2D eigenvalue weighted by molar-refractivity contribution is 7.15. The third-order valence-corrected chi connectivity index (χ3v) is 22.2. The van der Waals surface area contributed by atoms with E-state index < -0.39 is 0 Å². The fraction of sp³-hybridized carbons (Fsp3) is 0.485. The minimum atomic E-state index is 0.118. The van der Waals surface area contributed by atoms with E-state index in [0.717, 1.165) is 124 Å². The predicted molar refractivity (Wildman–Crippen MR) is 525 cm³/mol. The highest BCUT2D eigenvalue weighted by Crippen LogP contribution is 2.29. The highest BCUT2D eigenvalue weighted by Gasteiger charge is 2.28. The number of rotatable bonds is 10. The van der Waals surface area contributed by atoms with E-state index in [-0.39, 0.29) is 6.17 Å². The van der Waals surface area contributed by atoms with Gasteiger partial charge in [-0.05, 0) is 152 Å². The minimum Gasteiger partial charge on any atom is -0.478 e. The van der Waals surface area contributed by atoms with Gasteiger partial charge in [0.05, 0.1) is 101 Å². The Morgan fingerprint density at radius 1 is 0.504 bits per heavy atom. The molecule has 1 aromatic carbocycles. The second-order valence-electron chi connectivity index (χ2n) is 36.6. The summed E-state index contributed by atoms with van der Waals surface area (Å²) in [5.74, 6) is 9.99. The molecule has 21 rings (SSSR count). The predicted octanol–water partition coefficient (Wildman–Crippen LogP) is 22.9. The van der Waals surface area contributed by atoms with Crippen LogP contribution in [0.1, 0.15) is 324 Å². The van der Waals surface area contributed by atoms with Crippen LogP contribution < -0.4 is 4.74 Å². The van der Waals surface area contributed by atoms with Gasteiger partial charge in [-0.1, -0.05) is 177 Å². The van der Waals surface area contributed by atoms with Gasteiger partial charge in [-0.2, -0.15) is 30.1 Å². The van der Waals surface area contributed by atoms with Gasteiger partial charge < -0.3 is 28.4 Å². The first-order chi connectivity index (χ1) is 62.0. The number of thiazole rings is 1. The number of aliphatic imine (C=N–C) groups is 2. The number of fused-ring (bicyclic) bond motifs is 10. The molecule has 0 spiro atoms. The lowest BCUT2D eigenvalue weighted by Crippen LogP contribution is -2.19. The number of H-pyrrole nitrogens is 4. The molecule has 0 fully saturated rings. The maximum absolute atomic E-state index is 5.45. The van der Waals surface area contributed by atoms with E-state index in [4.69, 9.17) is 9.47 Å². The Morgan fingerprint density at radius 2 is 1.14 bits per heavy atom. The van der Waals surface area contributed by atoms with Crippen molar-refractivity contribution in [2.75, 3.05) is 13.2 Å². The summed E-state index contributed by atoms with van der Waals surface area (Å²) in [6.45, 7) is 54.2. The number of para-hydroxylation sites is 2. The molecular formula is C101H142N25O2S+. The largest absolute Gasteiger partial charge is 0.478 e. The van der Waals surface area contributed by atoms with E-state index in [2.05, 4.69) is 298 Å². The van der Waals surface area contributed by atoms with Crippen molar-refractivity contribution < 1.29 is 14.0 Å². The molecule has 1 atom stereocenters. The molecule has 15 aromatic rings. The van der Waals surface area contributed by atoms with Crippen LogP contribution >= 0.6 is 11.3 Å². The lowest BCUT2D eigenvalue weighted by Gasteiger charge is -2.13. The number of hydrogen-bond donors (Lipinski definition) is 4. The molecule has 0 amide bonds. The van der Waals surface area contributed by atoms with Crippen molar-refractivity contribution in [2.45, 2.75) is 296 Å². The van der Waals surface area contributed by atoms with Gasteiger partial charge in [0, 0.05) is 135 Å². The van der Waals surface area contributed by atoms with Crippen molar-refractivity contribution >= 4 is 68.1 Å². The quantitative estimate of drug-likeness (QED) is 0.0925. The van der Waals surface area contributed by atoms with Crippen LogP contribution in [0.4, 0.5) is 0 Å². The number of ether oxygens (including phenoxy) is 2. The summed E-state index contributed by atoms with van der Waals surface area (Å²) in [7, 11) is 0. The van der Waals surface area contributed by atoms with Gasteiger partial charge in [0.2, 0.25) is 11.7 Å². The summed E-state index contributed by atoms with van der Waals surface area (Å²) in [6.07, 6.45) is 40.0. The van der Waals surface area contributed by atoms with Crippen LogP contribution in [-0.2, 0) is 50.1 Å². The average Bonchev–Trinajstić information content (AvgIpc) is 1.67. The first kappa shape index (κ1) is 99.4. The standard InChI is InChI=1S/C10H16N2.2C10H12N2.C10H16N2.C9H12N3.C9H11N3.2C9H14N2O.C8H10N2S.C7H10N2.C6H5N3.C4H10/c2*1-8(2)9-7-12-6-4-3-5-10(12)11-9;1-7(2)10-11-8-5-3-4-6-9(8)12-10;1-7(2)10-8-5-3-4-6-9(8)11-12-10;1-7(2)8-6-12-4-3-10-5-9(12)11-8;1-7(2)8-6-12-5-3-4-10-9(12)11-8;1-6(2)9-7-5-12-4-3-8(7)10-11-9;1-7(2)8-6-9-11(10-8)4-3-5-12-9;1-6(2)7-5-10-3-4-11-8(10)9-7;1-6(2)7-4-3-5-8-9-7;1-2-5-6(7-3-1)9-4-8-5;1-4(2)3/h7-8H,3-6H2,1-2H3;3-8H,1-2H3;3-7H,1-2H3,(H,11,12);7H,3-6H2,1-2H3,(H,11,12);3-7,9H,1-2H3;3-7H,1-2H3;6H,3-5H2,1-2H3,(H,10,11);6-7H,3-5H2,1-2H3;3-6H,1-2H3;3-6H,1-2H3;1-4H,(H,7,8,9);4H,1-3H3/q;;;;+1;;;;;;;. The molecule has 0 bridgehead atoms. The molecule has 1 unspecified atom stereocenters. The van der Waals surface area contributed by atoms with Crippen LogP contribution in [0.25, 0.3) is 38.6 Å². The summed E-state index contributed by atoms with van der Waals surface area (Å²) in [5, 5.41) is 29.1. The minimum absolute atomic E-state index is 0.118. The van der Waals surface area contributed by atoms with E-state index in [9.17, 15) is 0 Å². The first-order valence-electron chi connectivity index (χ1n) is 46.5. The van der Waals surface area contributed by atoms with Crippen molar-refractivity contribution in [1.29, 1.82) is 0 Å². The third-order valence-electron chi connectivity index (χ3n) is 21.4. The third kappa shape index (κ3) is 29.9. The zero-order valence-corrected chi connectivity index (χ0v) is 81.5. The van der Waals surface area contributed by atoms with Gasteiger partial charge in [-0.15, -0.1) is 11.3 Å². The molecule has 0 saturated heterocycles. The summed E-state index contributed by atoms with van der Waals surface area (Å²) in [6, 6.07) is 25.8. The Hall–Kier alpha value is -11.8. The maximum Gasteiger partial charge on any atom is 0.287 e. The molecule has 14 aromatic heterocycles. The molecule has 4 N–H and O–H groups in total. The number of nitrogens with zero attached hydrogens (tertiary/aromatic N) is 21. The topological polar surface area (TPSA) is 300 Å². The van der Waals surface area contributed by atoms with Gasteiger partial charge >= 0.3 is 0 Å².